The molecule has 3 amide bonds. The van der Waals surface area contributed by atoms with Crippen molar-refractivity contribution in [1.29, 1.82) is 0 Å². The Kier molecular flexibility index (Phi) is 6.77. The number of anilines is 2. The van der Waals surface area contributed by atoms with Gasteiger partial charge in [-0.3, -0.25) is 14.4 Å². The molecule has 2 aromatic carbocycles. The quantitative estimate of drug-likeness (QED) is 0.729. The molecule has 0 spiro atoms. The molecule has 2 N–H and O–H groups in total. The van der Waals surface area contributed by atoms with Crippen LogP contribution in [-0.4, -0.2) is 48.1 Å². The molecule has 0 bridgehead atoms. The first kappa shape index (κ1) is 20.7. The van der Waals surface area contributed by atoms with Crippen LogP contribution in [-0.2, 0) is 14.4 Å². The molecule has 0 saturated heterocycles. The van der Waals surface area contributed by atoms with Gasteiger partial charge in [-0.05, 0) is 31.2 Å². The number of para-hydroxylation sites is 3. The Hall–Kier alpha value is -3.00. The second kappa shape index (κ2) is 9.47. The Morgan fingerprint density at radius 1 is 1.17 bits per heavy atom. The summed E-state index contributed by atoms with van der Waals surface area (Å²) in [6.07, 6.45) is 0.0284. The molecule has 0 aliphatic carbocycles. The van der Waals surface area contributed by atoms with Gasteiger partial charge in [0, 0.05) is 17.9 Å². The first-order chi connectivity index (χ1) is 14.0. The van der Waals surface area contributed by atoms with Crippen LogP contribution in [0, 0.1) is 0 Å². The molecule has 7 nitrogen and oxygen atoms in total. The number of rotatable bonds is 7. The van der Waals surface area contributed by atoms with E-state index in [1.165, 1.54) is 23.8 Å². The van der Waals surface area contributed by atoms with Crippen molar-refractivity contribution >= 4 is 40.9 Å². The van der Waals surface area contributed by atoms with Crippen LogP contribution >= 0.6 is 11.8 Å². The number of hydrogen-bond donors (Lipinski definition) is 2. The molecule has 1 heterocycles. The molecule has 1 aliphatic heterocycles. The SMILES string of the molecule is CCN(CC(=O)Nc1ccccc1OC)C(=O)C[C@@H]1Sc2ccccc2NC1=O. The van der Waals surface area contributed by atoms with Crippen molar-refractivity contribution in [2.24, 2.45) is 0 Å². The summed E-state index contributed by atoms with van der Waals surface area (Å²) in [4.78, 5) is 39.9. The summed E-state index contributed by atoms with van der Waals surface area (Å²) in [6, 6.07) is 14.6. The molecule has 29 heavy (non-hydrogen) atoms. The van der Waals surface area contributed by atoms with Crippen molar-refractivity contribution in [1.82, 2.24) is 4.90 Å². The van der Waals surface area contributed by atoms with Gasteiger partial charge >= 0.3 is 0 Å². The van der Waals surface area contributed by atoms with Crippen LogP contribution in [0.2, 0.25) is 0 Å². The highest BCUT2D eigenvalue weighted by Crippen LogP contribution is 2.36. The standard InChI is InChI=1S/C21H23N3O4S/c1-3-24(13-19(25)22-14-8-4-6-10-16(14)28-2)20(26)12-18-21(27)23-15-9-5-7-11-17(15)29-18/h4-11,18H,3,12-13H2,1-2H3,(H,22,25)(H,23,27)/t18-/m0/s1. The van der Waals surface area contributed by atoms with Crippen molar-refractivity contribution in [3.63, 3.8) is 0 Å². The fourth-order valence-corrected chi connectivity index (χ4v) is 4.10. The number of ether oxygens (including phenoxy) is 1. The van der Waals surface area contributed by atoms with Gasteiger partial charge < -0.3 is 20.3 Å². The van der Waals surface area contributed by atoms with Gasteiger partial charge in [0.05, 0.1) is 30.3 Å². The first-order valence-electron chi connectivity index (χ1n) is 9.29. The predicted octanol–water partition coefficient (Wildman–Crippen LogP) is 2.99. The summed E-state index contributed by atoms with van der Waals surface area (Å²) < 4.78 is 5.22. The summed E-state index contributed by atoms with van der Waals surface area (Å²) in [5.74, 6) is -0.216. The highest BCUT2D eigenvalue weighted by molar-refractivity contribution is 8.01. The number of carbonyl (C=O) groups excluding carboxylic acids is 3. The zero-order valence-electron chi connectivity index (χ0n) is 16.3. The van der Waals surface area contributed by atoms with E-state index in [0.29, 0.717) is 18.0 Å². The van der Waals surface area contributed by atoms with Crippen LogP contribution in [0.4, 0.5) is 11.4 Å². The van der Waals surface area contributed by atoms with Crippen LogP contribution < -0.4 is 15.4 Å². The molecule has 0 fully saturated rings. The van der Waals surface area contributed by atoms with Crippen molar-refractivity contribution in [2.75, 3.05) is 30.8 Å². The third kappa shape index (κ3) is 5.08. The summed E-state index contributed by atoms with van der Waals surface area (Å²) >= 11 is 1.37. The zero-order valence-corrected chi connectivity index (χ0v) is 17.1. The summed E-state index contributed by atoms with van der Waals surface area (Å²) in [5.41, 5.74) is 1.30. The zero-order chi connectivity index (χ0) is 20.8. The maximum absolute atomic E-state index is 12.7. The molecule has 0 aromatic heterocycles. The van der Waals surface area contributed by atoms with E-state index < -0.39 is 5.25 Å². The lowest BCUT2D eigenvalue weighted by Gasteiger charge is -2.26. The second-order valence-corrected chi connectivity index (χ2v) is 7.70. The predicted molar refractivity (Wildman–Crippen MR) is 113 cm³/mol. The largest absolute Gasteiger partial charge is 0.495 e. The van der Waals surface area contributed by atoms with Crippen molar-refractivity contribution in [3.05, 3.63) is 48.5 Å². The lowest BCUT2D eigenvalue weighted by Crippen LogP contribution is -2.41. The Morgan fingerprint density at radius 2 is 1.90 bits per heavy atom. The fraction of sp³-hybridized carbons (Fsp3) is 0.286. The van der Waals surface area contributed by atoms with Gasteiger partial charge in [0.1, 0.15) is 5.75 Å². The van der Waals surface area contributed by atoms with Crippen LogP contribution in [0.3, 0.4) is 0 Å². The van der Waals surface area contributed by atoms with E-state index in [0.717, 1.165) is 10.6 Å². The second-order valence-electron chi connectivity index (χ2n) is 6.45. The van der Waals surface area contributed by atoms with Crippen LogP contribution in [0.15, 0.2) is 53.4 Å². The van der Waals surface area contributed by atoms with E-state index >= 15 is 0 Å². The summed E-state index contributed by atoms with van der Waals surface area (Å²) in [6.45, 7) is 2.08. The molecule has 152 valence electrons. The van der Waals surface area contributed by atoms with E-state index in [1.54, 1.807) is 31.2 Å². The molecule has 0 unspecified atom stereocenters. The molecule has 3 rings (SSSR count). The normalized spacial score (nSPS) is 15.1. The average Bonchev–Trinajstić information content (AvgIpc) is 2.72. The molecule has 1 aliphatic rings. The Bertz CT molecular complexity index is 918. The van der Waals surface area contributed by atoms with E-state index in [4.69, 9.17) is 4.74 Å². The monoisotopic (exact) mass is 413 g/mol. The van der Waals surface area contributed by atoms with E-state index in [2.05, 4.69) is 10.6 Å². The number of hydrogen-bond acceptors (Lipinski definition) is 5. The lowest BCUT2D eigenvalue weighted by atomic mass is 10.2. The molecule has 2 aromatic rings. The molecular formula is C21H23N3O4S. The number of thioether (sulfide) groups is 1. The number of methoxy groups -OCH3 is 1. The minimum Gasteiger partial charge on any atom is -0.495 e. The van der Waals surface area contributed by atoms with Crippen molar-refractivity contribution in [3.8, 4) is 5.75 Å². The Morgan fingerprint density at radius 3 is 2.66 bits per heavy atom. The van der Waals surface area contributed by atoms with Gasteiger partial charge in [-0.15, -0.1) is 11.8 Å². The molecule has 0 saturated carbocycles. The van der Waals surface area contributed by atoms with E-state index in [1.807, 2.05) is 24.3 Å². The molecule has 1 atom stereocenters. The highest BCUT2D eigenvalue weighted by atomic mass is 32.2. The van der Waals surface area contributed by atoms with Gasteiger partial charge in [0.25, 0.3) is 0 Å². The van der Waals surface area contributed by atoms with Gasteiger partial charge in [0.2, 0.25) is 17.7 Å². The van der Waals surface area contributed by atoms with Crippen molar-refractivity contribution in [2.45, 2.75) is 23.5 Å². The minimum atomic E-state index is -0.524. The molecule has 0 radical (unpaired) electrons. The minimum absolute atomic E-state index is 0.0284. The number of nitrogens with one attached hydrogen (secondary N) is 2. The Labute approximate surface area is 173 Å². The molecule has 8 heteroatoms. The van der Waals surface area contributed by atoms with Crippen molar-refractivity contribution < 1.29 is 19.1 Å². The first-order valence-corrected chi connectivity index (χ1v) is 10.2. The maximum Gasteiger partial charge on any atom is 0.244 e. The average molecular weight is 413 g/mol. The number of fused-ring (bicyclic) bond motifs is 1. The summed E-state index contributed by atoms with van der Waals surface area (Å²) in [7, 11) is 1.53. The van der Waals surface area contributed by atoms with E-state index in [9.17, 15) is 14.4 Å². The number of nitrogens with zero attached hydrogens (tertiary/aromatic N) is 1. The third-order valence-corrected chi connectivity index (χ3v) is 5.79. The van der Waals surface area contributed by atoms with Crippen LogP contribution in [0.1, 0.15) is 13.3 Å². The number of carbonyl (C=O) groups is 3. The smallest absolute Gasteiger partial charge is 0.244 e. The third-order valence-electron chi connectivity index (χ3n) is 4.52. The summed E-state index contributed by atoms with van der Waals surface area (Å²) in [5, 5.41) is 5.07. The van der Waals surface area contributed by atoms with Gasteiger partial charge in [0.15, 0.2) is 0 Å². The van der Waals surface area contributed by atoms with Gasteiger partial charge in [-0.2, -0.15) is 0 Å². The fourth-order valence-electron chi connectivity index (χ4n) is 3.00. The van der Waals surface area contributed by atoms with Crippen LogP contribution in [0.5, 0.6) is 5.75 Å². The highest BCUT2D eigenvalue weighted by Gasteiger charge is 2.30. The maximum atomic E-state index is 12.7. The lowest BCUT2D eigenvalue weighted by molar-refractivity contribution is -0.135. The Balaban J connectivity index is 1.60. The van der Waals surface area contributed by atoms with Crippen LogP contribution in [0.25, 0.3) is 0 Å². The number of amides is 3. The number of likely N-dealkylation sites (N-methyl/N-ethyl adjacent to an activating group) is 1. The van der Waals surface area contributed by atoms with Gasteiger partial charge in [-0.1, -0.05) is 24.3 Å². The number of benzene rings is 2. The van der Waals surface area contributed by atoms with E-state index in [-0.39, 0.29) is 30.7 Å². The molecular weight excluding hydrogens is 390 g/mol. The topological polar surface area (TPSA) is 87.7 Å². The van der Waals surface area contributed by atoms with Gasteiger partial charge in [-0.25, -0.2) is 0 Å².